The minimum Gasteiger partial charge on any atom is -0.494 e. The first-order chi connectivity index (χ1) is 10.0. The van der Waals surface area contributed by atoms with Crippen LogP contribution in [0.5, 0.6) is 11.5 Å². The molecule has 21 heavy (non-hydrogen) atoms. The number of pyridine rings is 1. The quantitative estimate of drug-likeness (QED) is 0.901. The standard InChI is InChI=1S/C16H21ClN2O2/c1-9(2)6-10-7-12(18-3)14-15(19-10)13(20-4)8-11(17)16(14)21-5/h7-9H,6H2,1-5H3,(H,18,19). The molecule has 0 fully saturated rings. The summed E-state index contributed by atoms with van der Waals surface area (Å²) in [6.45, 7) is 4.34. The Bertz CT molecular complexity index is 657. The zero-order chi connectivity index (χ0) is 15.6. The molecular formula is C16H21ClN2O2. The number of anilines is 1. The van der Waals surface area contributed by atoms with Crippen LogP contribution < -0.4 is 14.8 Å². The molecule has 0 spiro atoms. The van der Waals surface area contributed by atoms with Gasteiger partial charge in [0.05, 0.1) is 24.6 Å². The lowest BCUT2D eigenvalue weighted by molar-refractivity contribution is 0.410. The van der Waals surface area contributed by atoms with E-state index < -0.39 is 0 Å². The molecule has 0 aliphatic carbocycles. The number of hydrogen-bond acceptors (Lipinski definition) is 4. The number of nitrogens with one attached hydrogen (secondary N) is 1. The molecule has 5 heteroatoms. The molecule has 0 atom stereocenters. The number of rotatable bonds is 5. The lowest BCUT2D eigenvalue weighted by Gasteiger charge is -2.16. The summed E-state index contributed by atoms with van der Waals surface area (Å²) in [5.41, 5.74) is 2.72. The van der Waals surface area contributed by atoms with Gasteiger partial charge in [0.25, 0.3) is 0 Å². The summed E-state index contributed by atoms with van der Waals surface area (Å²) >= 11 is 6.28. The van der Waals surface area contributed by atoms with Gasteiger partial charge in [0, 0.05) is 24.5 Å². The van der Waals surface area contributed by atoms with Gasteiger partial charge in [-0.2, -0.15) is 0 Å². The molecule has 1 N–H and O–H groups in total. The number of methoxy groups -OCH3 is 2. The summed E-state index contributed by atoms with van der Waals surface area (Å²) in [7, 11) is 5.10. The number of benzene rings is 1. The molecule has 1 heterocycles. The normalized spacial score (nSPS) is 11.0. The highest BCUT2D eigenvalue weighted by Crippen LogP contribution is 2.42. The SMILES string of the molecule is CNc1cc(CC(C)C)nc2c(OC)cc(Cl)c(OC)c12. The van der Waals surface area contributed by atoms with E-state index in [1.165, 1.54) is 0 Å². The smallest absolute Gasteiger partial charge is 0.149 e. The van der Waals surface area contributed by atoms with E-state index in [-0.39, 0.29) is 0 Å². The Labute approximate surface area is 130 Å². The van der Waals surface area contributed by atoms with Crippen LogP contribution in [0.15, 0.2) is 12.1 Å². The molecule has 4 nitrogen and oxygen atoms in total. The second kappa shape index (κ2) is 6.39. The Balaban J connectivity index is 2.82. The van der Waals surface area contributed by atoms with Crippen molar-refractivity contribution >= 4 is 28.2 Å². The maximum Gasteiger partial charge on any atom is 0.149 e. The lowest BCUT2D eigenvalue weighted by atomic mass is 10.0. The van der Waals surface area contributed by atoms with Crippen LogP contribution in [0.2, 0.25) is 5.02 Å². The van der Waals surface area contributed by atoms with E-state index in [2.05, 4.69) is 19.2 Å². The molecule has 0 radical (unpaired) electrons. The van der Waals surface area contributed by atoms with Crippen molar-refractivity contribution in [2.45, 2.75) is 20.3 Å². The van der Waals surface area contributed by atoms with E-state index in [0.29, 0.717) is 22.4 Å². The zero-order valence-electron chi connectivity index (χ0n) is 13.1. The van der Waals surface area contributed by atoms with Crippen molar-refractivity contribution in [1.82, 2.24) is 4.98 Å². The van der Waals surface area contributed by atoms with Crippen molar-refractivity contribution in [3.8, 4) is 11.5 Å². The number of aromatic nitrogens is 1. The summed E-state index contributed by atoms with van der Waals surface area (Å²) in [6.07, 6.45) is 0.902. The minimum atomic E-state index is 0.511. The molecule has 2 rings (SSSR count). The summed E-state index contributed by atoms with van der Waals surface area (Å²) in [6, 6.07) is 3.79. The lowest BCUT2D eigenvalue weighted by Crippen LogP contribution is -2.03. The maximum atomic E-state index is 6.28. The molecule has 1 aromatic heterocycles. The second-order valence-corrected chi connectivity index (χ2v) is 5.73. The Morgan fingerprint density at radius 2 is 1.95 bits per heavy atom. The summed E-state index contributed by atoms with van der Waals surface area (Å²) < 4.78 is 10.9. The van der Waals surface area contributed by atoms with Gasteiger partial charge in [-0.1, -0.05) is 25.4 Å². The highest BCUT2D eigenvalue weighted by molar-refractivity contribution is 6.34. The molecule has 0 aliphatic heterocycles. The topological polar surface area (TPSA) is 43.4 Å². The monoisotopic (exact) mass is 308 g/mol. The number of ether oxygens (including phenoxy) is 2. The number of nitrogens with zero attached hydrogens (tertiary/aromatic N) is 1. The molecule has 2 aromatic rings. The molecule has 1 aromatic carbocycles. The third-order valence-electron chi connectivity index (χ3n) is 3.32. The molecule has 0 aliphatic rings. The fraction of sp³-hybridized carbons (Fsp3) is 0.438. The van der Waals surface area contributed by atoms with Crippen molar-refractivity contribution < 1.29 is 9.47 Å². The fourth-order valence-corrected chi connectivity index (χ4v) is 2.72. The highest BCUT2D eigenvalue weighted by atomic mass is 35.5. The predicted octanol–water partition coefficient (Wildman–Crippen LogP) is 4.15. The average molecular weight is 309 g/mol. The Kier molecular flexibility index (Phi) is 4.78. The van der Waals surface area contributed by atoms with E-state index in [9.17, 15) is 0 Å². The first-order valence-electron chi connectivity index (χ1n) is 6.93. The average Bonchev–Trinajstić information content (AvgIpc) is 2.45. The van der Waals surface area contributed by atoms with Crippen LogP contribution in [0, 0.1) is 5.92 Å². The Morgan fingerprint density at radius 1 is 1.24 bits per heavy atom. The Hall–Kier alpha value is -1.68. The van der Waals surface area contributed by atoms with Crippen LogP contribution in [-0.4, -0.2) is 26.3 Å². The van der Waals surface area contributed by atoms with Crippen molar-refractivity contribution in [3.63, 3.8) is 0 Å². The van der Waals surface area contributed by atoms with Gasteiger partial charge in [-0.05, 0) is 18.4 Å². The summed E-state index contributed by atoms with van der Waals surface area (Å²) in [5.74, 6) is 1.79. The molecule has 0 bridgehead atoms. The zero-order valence-corrected chi connectivity index (χ0v) is 13.8. The summed E-state index contributed by atoms with van der Waals surface area (Å²) in [4.78, 5) is 4.74. The maximum absolute atomic E-state index is 6.28. The first kappa shape index (κ1) is 15.7. The fourth-order valence-electron chi connectivity index (χ4n) is 2.45. The van der Waals surface area contributed by atoms with Gasteiger partial charge in [-0.15, -0.1) is 0 Å². The van der Waals surface area contributed by atoms with Gasteiger partial charge in [-0.25, -0.2) is 4.98 Å². The van der Waals surface area contributed by atoms with E-state index in [1.54, 1.807) is 20.3 Å². The molecule has 0 amide bonds. The molecule has 0 saturated heterocycles. The molecule has 0 saturated carbocycles. The van der Waals surface area contributed by atoms with Gasteiger partial charge < -0.3 is 14.8 Å². The van der Waals surface area contributed by atoms with Crippen molar-refractivity contribution in [2.75, 3.05) is 26.6 Å². The van der Waals surface area contributed by atoms with Crippen LogP contribution in [0.4, 0.5) is 5.69 Å². The predicted molar refractivity (Wildman–Crippen MR) is 87.9 cm³/mol. The van der Waals surface area contributed by atoms with Crippen LogP contribution in [-0.2, 0) is 6.42 Å². The summed E-state index contributed by atoms with van der Waals surface area (Å²) in [5, 5.41) is 4.56. The minimum absolute atomic E-state index is 0.511. The van der Waals surface area contributed by atoms with Crippen LogP contribution >= 0.6 is 11.6 Å². The van der Waals surface area contributed by atoms with Gasteiger partial charge in [0.1, 0.15) is 17.0 Å². The Morgan fingerprint density at radius 3 is 2.48 bits per heavy atom. The first-order valence-corrected chi connectivity index (χ1v) is 7.31. The van der Waals surface area contributed by atoms with E-state index in [0.717, 1.165) is 28.7 Å². The van der Waals surface area contributed by atoms with Crippen molar-refractivity contribution in [3.05, 3.63) is 22.8 Å². The number of fused-ring (bicyclic) bond motifs is 1. The number of halogens is 1. The highest BCUT2D eigenvalue weighted by Gasteiger charge is 2.18. The molecular weight excluding hydrogens is 288 g/mol. The van der Waals surface area contributed by atoms with E-state index >= 15 is 0 Å². The van der Waals surface area contributed by atoms with Crippen molar-refractivity contribution in [2.24, 2.45) is 5.92 Å². The second-order valence-electron chi connectivity index (χ2n) is 5.33. The largest absolute Gasteiger partial charge is 0.494 e. The third-order valence-corrected chi connectivity index (χ3v) is 3.60. The van der Waals surface area contributed by atoms with Gasteiger partial charge >= 0.3 is 0 Å². The van der Waals surface area contributed by atoms with E-state index in [4.69, 9.17) is 26.1 Å². The van der Waals surface area contributed by atoms with Crippen LogP contribution in [0.3, 0.4) is 0 Å². The van der Waals surface area contributed by atoms with Gasteiger partial charge in [0.2, 0.25) is 0 Å². The molecule has 114 valence electrons. The number of hydrogen-bond donors (Lipinski definition) is 1. The molecule has 0 unspecified atom stereocenters. The van der Waals surface area contributed by atoms with E-state index in [1.807, 2.05) is 13.1 Å². The van der Waals surface area contributed by atoms with Gasteiger partial charge in [0.15, 0.2) is 0 Å². The van der Waals surface area contributed by atoms with Crippen LogP contribution in [0.25, 0.3) is 10.9 Å². The van der Waals surface area contributed by atoms with Crippen LogP contribution in [0.1, 0.15) is 19.5 Å². The van der Waals surface area contributed by atoms with Gasteiger partial charge in [-0.3, -0.25) is 0 Å². The third kappa shape index (κ3) is 3.00. The van der Waals surface area contributed by atoms with Crippen molar-refractivity contribution in [1.29, 1.82) is 0 Å².